The molecule has 1 saturated carbocycles. The molecule has 0 aliphatic heterocycles. The molecule has 3 rings (SSSR count). The predicted molar refractivity (Wildman–Crippen MR) is 104 cm³/mol. The zero-order valence-electron chi connectivity index (χ0n) is 14.9. The Labute approximate surface area is 165 Å². The number of aliphatic hydroxyl groups is 1. The summed E-state index contributed by atoms with van der Waals surface area (Å²) in [5.74, 6) is -2.40. The van der Waals surface area contributed by atoms with Crippen molar-refractivity contribution in [3.8, 4) is 0 Å². The number of rotatable bonds is 6. The van der Waals surface area contributed by atoms with Gasteiger partial charge < -0.3 is 9.90 Å². The van der Waals surface area contributed by atoms with Crippen molar-refractivity contribution in [2.45, 2.75) is 37.3 Å². The summed E-state index contributed by atoms with van der Waals surface area (Å²) in [5.41, 5.74) is -0.703. The molecule has 0 radical (unpaired) electrons. The largest absolute Gasteiger partial charge is 0.382 e. The van der Waals surface area contributed by atoms with E-state index in [1.54, 1.807) is 42.5 Å². The number of aldehydes is 1. The SMILES string of the molecule is CCC[C@H]1[C@@H]([N+](=O)[O-])[C@H](c2ccc(Br)cc2)[C@@H](C=O)[C@]1(O)c1ccccn1. The molecule has 2 aromatic rings. The Morgan fingerprint density at radius 2 is 2.00 bits per heavy atom. The molecule has 1 fully saturated rings. The summed E-state index contributed by atoms with van der Waals surface area (Å²) in [6.07, 6.45) is 3.28. The van der Waals surface area contributed by atoms with Crippen molar-refractivity contribution in [2.75, 3.05) is 0 Å². The second-order valence-electron chi connectivity index (χ2n) is 6.95. The first-order chi connectivity index (χ1) is 12.9. The van der Waals surface area contributed by atoms with Gasteiger partial charge in [0.1, 0.15) is 11.9 Å². The molecule has 0 spiro atoms. The van der Waals surface area contributed by atoms with Crippen LogP contribution in [0.15, 0.2) is 53.1 Å². The van der Waals surface area contributed by atoms with Crippen LogP contribution in [0.3, 0.4) is 0 Å². The van der Waals surface area contributed by atoms with E-state index in [2.05, 4.69) is 20.9 Å². The number of aromatic nitrogens is 1. The van der Waals surface area contributed by atoms with E-state index < -0.39 is 29.4 Å². The quantitative estimate of drug-likeness (QED) is 0.426. The number of pyridine rings is 1. The highest BCUT2D eigenvalue weighted by molar-refractivity contribution is 9.10. The van der Waals surface area contributed by atoms with Crippen LogP contribution in [0.4, 0.5) is 0 Å². The van der Waals surface area contributed by atoms with Crippen LogP contribution in [0, 0.1) is 22.0 Å². The summed E-state index contributed by atoms with van der Waals surface area (Å²) in [5, 5.41) is 23.8. The molecule has 27 heavy (non-hydrogen) atoms. The van der Waals surface area contributed by atoms with E-state index in [1.165, 1.54) is 6.20 Å². The van der Waals surface area contributed by atoms with Crippen molar-refractivity contribution in [1.29, 1.82) is 0 Å². The van der Waals surface area contributed by atoms with Gasteiger partial charge in [0.15, 0.2) is 0 Å². The highest BCUT2D eigenvalue weighted by Gasteiger charge is 2.66. The van der Waals surface area contributed by atoms with Crippen molar-refractivity contribution >= 4 is 22.2 Å². The van der Waals surface area contributed by atoms with Crippen LogP contribution < -0.4 is 0 Å². The highest BCUT2D eigenvalue weighted by atomic mass is 79.9. The summed E-state index contributed by atoms with van der Waals surface area (Å²) in [7, 11) is 0. The Hall–Kier alpha value is -2.12. The lowest BCUT2D eigenvalue weighted by Crippen LogP contribution is -2.41. The predicted octanol–water partition coefficient (Wildman–Crippen LogP) is 3.71. The van der Waals surface area contributed by atoms with Crippen LogP contribution in [0.1, 0.15) is 36.9 Å². The Morgan fingerprint density at radius 3 is 2.52 bits per heavy atom. The van der Waals surface area contributed by atoms with Gasteiger partial charge >= 0.3 is 0 Å². The molecule has 1 heterocycles. The standard InChI is InChI=1S/C20H21BrN2O4/c1-2-5-15-19(23(26)27)18(13-7-9-14(21)10-8-13)16(12-24)20(15,25)17-6-3-4-11-22-17/h3-4,6-12,15-16,18-19,25H,2,5H2,1H3/t15-,16+,18+,19+,20-/m0/s1. The van der Waals surface area contributed by atoms with Crippen molar-refractivity contribution in [2.24, 2.45) is 11.8 Å². The van der Waals surface area contributed by atoms with Crippen LogP contribution in [0.2, 0.25) is 0 Å². The van der Waals surface area contributed by atoms with Gasteiger partial charge in [0.2, 0.25) is 6.04 Å². The Balaban J connectivity index is 2.22. The molecule has 1 aliphatic rings. The molecule has 1 aromatic heterocycles. The fourth-order valence-electron chi connectivity index (χ4n) is 4.46. The second-order valence-corrected chi connectivity index (χ2v) is 7.87. The van der Waals surface area contributed by atoms with Gasteiger partial charge in [0.05, 0.1) is 23.4 Å². The average Bonchev–Trinajstić information content (AvgIpc) is 2.93. The highest BCUT2D eigenvalue weighted by Crippen LogP contribution is 2.56. The first-order valence-electron chi connectivity index (χ1n) is 8.93. The Kier molecular flexibility index (Phi) is 5.72. The summed E-state index contributed by atoms with van der Waals surface area (Å²) in [6.45, 7) is 1.92. The summed E-state index contributed by atoms with van der Waals surface area (Å²) in [6, 6.07) is 11.1. The molecule has 1 aliphatic carbocycles. The van der Waals surface area contributed by atoms with E-state index in [-0.39, 0.29) is 4.92 Å². The number of nitrogens with zero attached hydrogens (tertiary/aromatic N) is 2. The minimum Gasteiger partial charge on any atom is -0.382 e. The van der Waals surface area contributed by atoms with Gasteiger partial charge in [-0.15, -0.1) is 0 Å². The van der Waals surface area contributed by atoms with Gasteiger partial charge in [-0.2, -0.15) is 0 Å². The molecule has 0 unspecified atom stereocenters. The van der Waals surface area contributed by atoms with Crippen molar-refractivity contribution in [3.63, 3.8) is 0 Å². The number of hydrogen-bond acceptors (Lipinski definition) is 5. The van der Waals surface area contributed by atoms with Crippen LogP contribution in [0.25, 0.3) is 0 Å². The summed E-state index contributed by atoms with van der Waals surface area (Å²) >= 11 is 3.36. The number of benzene rings is 1. The minimum absolute atomic E-state index is 0.312. The molecular formula is C20H21BrN2O4. The van der Waals surface area contributed by atoms with Gasteiger partial charge in [0, 0.05) is 15.6 Å². The van der Waals surface area contributed by atoms with Crippen LogP contribution in [0.5, 0.6) is 0 Å². The zero-order chi connectivity index (χ0) is 19.6. The molecule has 6 nitrogen and oxygen atoms in total. The average molecular weight is 433 g/mol. The maximum Gasteiger partial charge on any atom is 0.226 e. The number of nitro groups is 1. The van der Waals surface area contributed by atoms with E-state index in [0.717, 1.165) is 4.47 Å². The van der Waals surface area contributed by atoms with Crippen molar-refractivity contribution < 1.29 is 14.8 Å². The van der Waals surface area contributed by atoms with Crippen LogP contribution in [-0.4, -0.2) is 27.3 Å². The molecule has 1 aromatic carbocycles. The van der Waals surface area contributed by atoms with E-state index in [9.17, 15) is 20.0 Å². The third kappa shape index (κ3) is 3.30. The van der Waals surface area contributed by atoms with Gasteiger partial charge in [-0.3, -0.25) is 15.1 Å². The maximum atomic E-state index is 12.1. The smallest absolute Gasteiger partial charge is 0.226 e. The molecule has 0 amide bonds. The molecule has 7 heteroatoms. The fraction of sp³-hybridized carbons (Fsp3) is 0.400. The molecule has 0 bridgehead atoms. The minimum atomic E-state index is -1.69. The second kappa shape index (κ2) is 7.86. The van der Waals surface area contributed by atoms with E-state index in [0.29, 0.717) is 30.4 Å². The monoisotopic (exact) mass is 432 g/mol. The lowest BCUT2D eigenvalue weighted by atomic mass is 9.77. The van der Waals surface area contributed by atoms with E-state index in [4.69, 9.17) is 0 Å². The van der Waals surface area contributed by atoms with E-state index >= 15 is 0 Å². The molecule has 1 N–H and O–H groups in total. The molecule has 0 saturated heterocycles. The van der Waals surface area contributed by atoms with Crippen molar-refractivity contribution in [1.82, 2.24) is 4.98 Å². The molecule has 5 atom stereocenters. The van der Waals surface area contributed by atoms with E-state index in [1.807, 2.05) is 6.92 Å². The third-order valence-electron chi connectivity index (χ3n) is 5.56. The zero-order valence-corrected chi connectivity index (χ0v) is 16.5. The van der Waals surface area contributed by atoms with Crippen LogP contribution >= 0.6 is 15.9 Å². The first kappa shape index (κ1) is 19.6. The Morgan fingerprint density at radius 1 is 1.30 bits per heavy atom. The summed E-state index contributed by atoms with van der Waals surface area (Å²) in [4.78, 5) is 28.1. The summed E-state index contributed by atoms with van der Waals surface area (Å²) < 4.78 is 0.842. The third-order valence-corrected chi connectivity index (χ3v) is 6.09. The van der Waals surface area contributed by atoms with Gasteiger partial charge in [0.25, 0.3) is 0 Å². The number of carbonyl (C=O) groups excluding carboxylic acids is 1. The lowest BCUT2D eigenvalue weighted by molar-refractivity contribution is -0.534. The number of carbonyl (C=O) groups is 1. The van der Waals surface area contributed by atoms with Gasteiger partial charge in [-0.25, -0.2) is 0 Å². The van der Waals surface area contributed by atoms with Gasteiger partial charge in [-0.1, -0.05) is 47.5 Å². The fourth-order valence-corrected chi connectivity index (χ4v) is 4.73. The Bertz CT molecular complexity index is 814. The molecular weight excluding hydrogens is 412 g/mol. The van der Waals surface area contributed by atoms with Crippen LogP contribution in [-0.2, 0) is 10.4 Å². The number of halogens is 1. The topological polar surface area (TPSA) is 93.3 Å². The first-order valence-corrected chi connectivity index (χ1v) is 9.72. The lowest BCUT2D eigenvalue weighted by Gasteiger charge is -2.32. The van der Waals surface area contributed by atoms with Gasteiger partial charge in [-0.05, 0) is 36.2 Å². The van der Waals surface area contributed by atoms with Crippen molar-refractivity contribution in [3.05, 3.63) is 74.5 Å². The maximum absolute atomic E-state index is 12.1. The molecule has 142 valence electrons. The normalized spacial score (nSPS) is 30.2. The number of hydrogen-bond donors (Lipinski definition) is 1.